The summed E-state index contributed by atoms with van der Waals surface area (Å²) in [6, 6.07) is 10.8. The van der Waals surface area contributed by atoms with E-state index in [1.165, 1.54) is 0 Å². The lowest BCUT2D eigenvalue weighted by Crippen LogP contribution is -2.15. The van der Waals surface area contributed by atoms with Crippen molar-refractivity contribution in [1.29, 1.82) is 0 Å². The smallest absolute Gasteiger partial charge is 0.299 e. The number of amides is 1. The quantitative estimate of drug-likeness (QED) is 0.618. The van der Waals surface area contributed by atoms with E-state index in [4.69, 9.17) is 5.73 Å². The zero-order chi connectivity index (χ0) is 17.0. The van der Waals surface area contributed by atoms with Crippen molar-refractivity contribution in [2.24, 2.45) is 5.73 Å². The fourth-order valence-electron chi connectivity index (χ4n) is 2.01. The molecule has 0 aliphatic rings. The molecular formula is C14H12N4O5. The maximum absolute atomic E-state index is 11.4. The Bertz CT molecular complexity index is 776. The van der Waals surface area contributed by atoms with Crippen LogP contribution in [0.3, 0.4) is 0 Å². The number of carbonyl (C=O) groups is 1. The summed E-state index contributed by atoms with van der Waals surface area (Å²) >= 11 is 0. The number of benzene rings is 2. The summed E-state index contributed by atoms with van der Waals surface area (Å²) in [5, 5.41) is 24.9. The van der Waals surface area contributed by atoms with E-state index in [-0.39, 0.29) is 12.2 Å². The zero-order valence-corrected chi connectivity index (χ0v) is 11.8. The third-order valence-electron chi connectivity index (χ3n) is 3.10. The first-order chi connectivity index (χ1) is 10.9. The largest absolute Gasteiger partial charge is 0.375 e. The van der Waals surface area contributed by atoms with E-state index in [1.54, 1.807) is 24.3 Å². The lowest BCUT2D eigenvalue weighted by Gasteiger charge is -2.09. The van der Waals surface area contributed by atoms with Crippen molar-refractivity contribution in [3.63, 3.8) is 0 Å². The first-order valence-corrected chi connectivity index (χ1v) is 6.44. The Balaban J connectivity index is 2.44. The van der Waals surface area contributed by atoms with Crippen molar-refractivity contribution < 1.29 is 14.6 Å². The Kier molecular flexibility index (Phi) is 4.50. The van der Waals surface area contributed by atoms with Crippen LogP contribution in [0.2, 0.25) is 0 Å². The van der Waals surface area contributed by atoms with E-state index in [0.717, 1.165) is 17.7 Å². The highest BCUT2D eigenvalue weighted by atomic mass is 16.6. The van der Waals surface area contributed by atoms with Crippen LogP contribution in [0, 0.1) is 20.2 Å². The molecule has 0 radical (unpaired) electrons. The van der Waals surface area contributed by atoms with E-state index in [0.29, 0.717) is 0 Å². The van der Waals surface area contributed by atoms with Gasteiger partial charge in [-0.2, -0.15) is 0 Å². The monoisotopic (exact) mass is 316 g/mol. The summed E-state index contributed by atoms with van der Waals surface area (Å²) in [6.45, 7) is 0.248. The molecule has 2 rings (SSSR count). The number of nitrogens with two attached hydrogens (primary N) is 1. The van der Waals surface area contributed by atoms with Crippen LogP contribution >= 0.6 is 0 Å². The Morgan fingerprint density at radius 3 is 2.17 bits per heavy atom. The molecule has 1 amide bonds. The minimum absolute atomic E-state index is 0.0155. The molecule has 2 aromatic rings. The molecule has 118 valence electrons. The topological polar surface area (TPSA) is 141 Å². The van der Waals surface area contributed by atoms with Crippen LogP contribution in [0.25, 0.3) is 0 Å². The minimum Gasteiger partial charge on any atom is -0.375 e. The molecule has 0 unspecified atom stereocenters. The van der Waals surface area contributed by atoms with Crippen LogP contribution < -0.4 is 11.1 Å². The van der Waals surface area contributed by atoms with Gasteiger partial charge in [0, 0.05) is 6.54 Å². The van der Waals surface area contributed by atoms with Gasteiger partial charge in [-0.1, -0.05) is 30.3 Å². The number of hydrogen-bond acceptors (Lipinski definition) is 6. The second-order valence-electron chi connectivity index (χ2n) is 4.60. The fourth-order valence-corrected chi connectivity index (χ4v) is 2.01. The van der Waals surface area contributed by atoms with Crippen LogP contribution in [0.4, 0.5) is 17.1 Å². The highest BCUT2D eigenvalue weighted by Crippen LogP contribution is 2.32. The second kappa shape index (κ2) is 6.52. The molecule has 0 heterocycles. The summed E-state index contributed by atoms with van der Waals surface area (Å²) in [7, 11) is 0. The second-order valence-corrected chi connectivity index (χ2v) is 4.60. The molecule has 0 bridgehead atoms. The van der Waals surface area contributed by atoms with Gasteiger partial charge in [0.1, 0.15) is 11.3 Å². The number of rotatable bonds is 6. The Labute approximate surface area is 130 Å². The van der Waals surface area contributed by atoms with E-state index < -0.39 is 32.7 Å². The van der Waals surface area contributed by atoms with Gasteiger partial charge in [0.25, 0.3) is 17.3 Å². The van der Waals surface area contributed by atoms with E-state index in [9.17, 15) is 25.0 Å². The number of nitrogens with zero attached hydrogens (tertiary/aromatic N) is 2. The summed E-state index contributed by atoms with van der Waals surface area (Å²) in [5.74, 6) is -1.03. The lowest BCUT2D eigenvalue weighted by molar-refractivity contribution is -0.393. The predicted octanol–water partition coefficient (Wildman–Crippen LogP) is 2.21. The summed E-state index contributed by atoms with van der Waals surface area (Å²) in [4.78, 5) is 31.8. The number of nitro benzene ring substituents is 2. The molecule has 0 aromatic heterocycles. The van der Waals surface area contributed by atoms with Crippen molar-refractivity contribution in [1.82, 2.24) is 0 Å². The Morgan fingerprint density at radius 1 is 1.04 bits per heavy atom. The van der Waals surface area contributed by atoms with Gasteiger partial charge >= 0.3 is 0 Å². The summed E-state index contributed by atoms with van der Waals surface area (Å²) in [5.41, 5.74) is 4.35. The van der Waals surface area contributed by atoms with Gasteiger partial charge in [-0.3, -0.25) is 25.0 Å². The Hall–Kier alpha value is -3.49. The van der Waals surface area contributed by atoms with Gasteiger partial charge in [0.05, 0.1) is 15.9 Å². The first-order valence-electron chi connectivity index (χ1n) is 6.44. The van der Waals surface area contributed by atoms with Crippen molar-refractivity contribution >= 4 is 23.0 Å². The van der Waals surface area contributed by atoms with E-state index >= 15 is 0 Å². The molecule has 0 fully saturated rings. The lowest BCUT2D eigenvalue weighted by atomic mass is 10.1. The number of primary amides is 1. The molecule has 0 saturated heterocycles. The van der Waals surface area contributed by atoms with Gasteiger partial charge in [-0.15, -0.1) is 0 Å². The number of nitrogens with one attached hydrogen (secondary N) is 1. The first kappa shape index (κ1) is 15.9. The van der Waals surface area contributed by atoms with E-state index in [2.05, 4.69) is 5.32 Å². The molecule has 0 spiro atoms. The third-order valence-corrected chi connectivity index (χ3v) is 3.10. The van der Waals surface area contributed by atoms with Crippen molar-refractivity contribution in [3.05, 3.63) is 73.8 Å². The van der Waals surface area contributed by atoms with Crippen LogP contribution in [-0.4, -0.2) is 15.8 Å². The molecule has 3 N–H and O–H groups in total. The SMILES string of the molecule is NC(=O)c1cc(NCc2ccccc2)c([N+](=O)[O-])cc1[N+](=O)[O-]. The average Bonchev–Trinajstić information content (AvgIpc) is 2.52. The van der Waals surface area contributed by atoms with Crippen LogP contribution in [0.15, 0.2) is 42.5 Å². The van der Waals surface area contributed by atoms with Crippen molar-refractivity contribution in [2.75, 3.05) is 5.32 Å². The van der Waals surface area contributed by atoms with Gasteiger partial charge < -0.3 is 11.1 Å². The molecule has 9 nitrogen and oxygen atoms in total. The zero-order valence-electron chi connectivity index (χ0n) is 11.8. The van der Waals surface area contributed by atoms with E-state index in [1.807, 2.05) is 6.07 Å². The van der Waals surface area contributed by atoms with Gasteiger partial charge in [0.2, 0.25) is 0 Å². The van der Waals surface area contributed by atoms with Gasteiger partial charge in [-0.25, -0.2) is 0 Å². The van der Waals surface area contributed by atoms with Crippen LogP contribution in [-0.2, 0) is 6.54 Å². The van der Waals surface area contributed by atoms with Crippen LogP contribution in [0.1, 0.15) is 15.9 Å². The normalized spacial score (nSPS) is 10.1. The molecular weight excluding hydrogens is 304 g/mol. The summed E-state index contributed by atoms with van der Waals surface area (Å²) in [6.07, 6.45) is 0. The molecule has 23 heavy (non-hydrogen) atoms. The number of nitro groups is 2. The standard InChI is InChI=1S/C14H12N4O5/c15-14(19)10-6-11(16-8-9-4-2-1-3-5-9)13(18(22)23)7-12(10)17(20)21/h1-7,16H,8H2,(H2,15,19). The maximum atomic E-state index is 11.4. The molecule has 9 heteroatoms. The van der Waals surface area contributed by atoms with Crippen LogP contribution in [0.5, 0.6) is 0 Å². The molecule has 2 aromatic carbocycles. The average molecular weight is 316 g/mol. The molecule has 0 saturated carbocycles. The molecule has 0 aliphatic heterocycles. The molecule has 0 aliphatic carbocycles. The van der Waals surface area contributed by atoms with Gasteiger partial charge in [-0.05, 0) is 11.6 Å². The highest BCUT2D eigenvalue weighted by molar-refractivity contribution is 5.99. The third kappa shape index (κ3) is 3.59. The highest BCUT2D eigenvalue weighted by Gasteiger charge is 2.26. The van der Waals surface area contributed by atoms with Gasteiger partial charge in [0.15, 0.2) is 0 Å². The molecule has 0 atom stereocenters. The summed E-state index contributed by atoms with van der Waals surface area (Å²) < 4.78 is 0. The number of hydrogen-bond donors (Lipinski definition) is 2. The minimum atomic E-state index is -1.03. The van der Waals surface area contributed by atoms with Crippen molar-refractivity contribution in [3.8, 4) is 0 Å². The number of carbonyl (C=O) groups excluding carboxylic acids is 1. The predicted molar refractivity (Wildman–Crippen MR) is 82.0 cm³/mol. The number of anilines is 1. The Morgan fingerprint density at radius 2 is 1.65 bits per heavy atom. The maximum Gasteiger partial charge on any atom is 0.299 e. The fraction of sp³-hybridized carbons (Fsp3) is 0.0714. The van der Waals surface area contributed by atoms with Crippen molar-refractivity contribution in [2.45, 2.75) is 6.54 Å².